The second kappa shape index (κ2) is 8.38. The molecule has 33 heavy (non-hydrogen) atoms. The van der Waals surface area contributed by atoms with Crippen molar-refractivity contribution in [3.8, 4) is 0 Å². The first-order valence-corrected chi connectivity index (χ1v) is 11.3. The Morgan fingerprint density at radius 3 is 2.94 bits per heavy atom. The summed E-state index contributed by atoms with van der Waals surface area (Å²) in [5, 5.41) is 6.61. The van der Waals surface area contributed by atoms with Crippen molar-refractivity contribution in [2.24, 2.45) is 11.3 Å². The smallest absolute Gasteiger partial charge is 0.287 e. The Hall–Kier alpha value is -3.62. The number of fused-ring (bicyclic) bond motifs is 1. The van der Waals surface area contributed by atoms with Gasteiger partial charge in [-0.25, -0.2) is 0 Å². The van der Waals surface area contributed by atoms with Gasteiger partial charge < -0.3 is 24.9 Å². The summed E-state index contributed by atoms with van der Waals surface area (Å²) in [7, 11) is 0. The lowest BCUT2D eigenvalue weighted by molar-refractivity contribution is -0.133. The summed E-state index contributed by atoms with van der Waals surface area (Å²) >= 11 is 0. The molecule has 1 saturated carbocycles. The van der Waals surface area contributed by atoms with Crippen LogP contribution in [-0.4, -0.2) is 58.7 Å². The summed E-state index contributed by atoms with van der Waals surface area (Å²) in [6.45, 7) is 4.08. The molecule has 3 amide bonds. The first-order valence-electron chi connectivity index (χ1n) is 11.3. The molecular weight excluding hydrogens is 422 g/mol. The average Bonchev–Trinajstić information content (AvgIpc) is 3.30. The molecule has 1 atom stereocenters. The Morgan fingerprint density at radius 1 is 1.36 bits per heavy atom. The van der Waals surface area contributed by atoms with Gasteiger partial charge in [0.05, 0.1) is 6.20 Å². The van der Waals surface area contributed by atoms with Crippen molar-refractivity contribution in [2.45, 2.75) is 26.2 Å². The fourth-order valence-corrected chi connectivity index (χ4v) is 4.93. The summed E-state index contributed by atoms with van der Waals surface area (Å²) in [6, 6.07) is 3.55. The molecule has 9 nitrogen and oxygen atoms in total. The van der Waals surface area contributed by atoms with Gasteiger partial charge in [0.25, 0.3) is 11.8 Å². The quantitative estimate of drug-likeness (QED) is 0.723. The van der Waals surface area contributed by atoms with Crippen molar-refractivity contribution in [2.75, 3.05) is 26.2 Å². The highest BCUT2D eigenvalue weighted by Crippen LogP contribution is 2.59. The standard InChI is InChI=1S/C24H27N5O4/c1-2-20-27-21(30)4-8-29(20)15-22(31)28-9-5-24(6-10-28)12-17(24)13-26-23(32)18-11-16-3-7-25-14-19(16)33-18/h2-4,7-8,11,14,17H,5-6,9-10,12-13,15H2,1H3,(H,26,32)(H,27,30)/b20-2-. The molecule has 2 aromatic rings. The molecule has 2 aromatic heterocycles. The SMILES string of the molecule is C/C=C1/NC(=O)C=CN1CC(=O)N1CCC2(CC1)CC2CNC(=O)c1cc2ccncc2o1. The van der Waals surface area contributed by atoms with Gasteiger partial charge in [-0.15, -0.1) is 0 Å². The van der Waals surface area contributed by atoms with E-state index in [0.717, 1.165) is 37.7 Å². The van der Waals surface area contributed by atoms with Gasteiger partial charge in [0.2, 0.25) is 5.91 Å². The lowest BCUT2D eigenvalue weighted by atomic mass is 9.90. The first-order chi connectivity index (χ1) is 16.0. The summed E-state index contributed by atoms with van der Waals surface area (Å²) in [6.07, 6.45) is 11.1. The second-order valence-electron chi connectivity index (χ2n) is 8.99. The number of hydrogen-bond donors (Lipinski definition) is 2. The summed E-state index contributed by atoms with van der Waals surface area (Å²) in [5.74, 6) is 1.02. The number of carbonyl (C=O) groups excluding carboxylic acids is 3. The zero-order chi connectivity index (χ0) is 23.0. The van der Waals surface area contributed by atoms with Crippen molar-refractivity contribution in [3.05, 3.63) is 54.5 Å². The molecule has 4 heterocycles. The van der Waals surface area contributed by atoms with Gasteiger partial charge in [-0.2, -0.15) is 0 Å². The van der Waals surface area contributed by atoms with Gasteiger partial charge in [0.1, 0.15) is 12.4 Å². The topological polar surface area (TPSA) is 108 Å². The number of nitrogens with zero attached hydrogens (tertiary/aromatic N) is 3. The lowest BCUT2D eigenvalue weighted by Crippen LogP contribution is -2.46. The monoisotopic (exact) mass is 449 g/mol. The minimum Gasteiger partial charge on any atom is -0.449 e. The number of carbonyl (C=O) groups is 3. The van der Waals surface area contributed by atoms with Gasteiger partial charge in [0, 0.05) is 43.5 Å². The molecule has 2 N–H and O–H groups in total. The van der Waals surface area contributed by atoms with Crippen LogP contribution in [0, 0.1) is 11.3 Å². The highest BCUT2D eigenvalue weighted by atomic mass is 16.3. The Labute approximate surface area is 191 Å². The number of amides is 3. The Balaban J connectivity index is 1.10. The molecule has 0 radical (unpaired) electrons. The summed E-state index contributed by atoms with van der Waals surface area (Å²) in [5.41, 5.74) is 0.821. The number of allylic oxidation sites excluding steroid dienone is 1. The van der Waals surface area contributed by atoms with Crippen LogP contribution in [0.5, 0.6) is 0 Å². The third-order valence-corrected chi connectivity index (χ3v) is 7.07. The van der Waals surface area contributed by atoms with E-state index in [4.69, 9.17) is 4.42 Å². The molecule has 1 saturated heterocycles. The Kier molecular flexibility index (Phi) is 5.39. The van der Waals surface area contributed by atoms with Crippen LogP contribution in [-0.2, 0) is 9.59 Å². The molecule has 1 spiro atoms. The average molecular weight is 450 g/mol. The predicted molar refractivity (Wildman–Crippen MR) is 120 cm³/mol. The molecule has 172 valence electrons. The largest absolute Gasteiger partial charge is 0.449 e. The van der Waals surface area contributed by atoms with Gasteiger partial charge in [-0.3, -0.25) is 19.4 Å². The van der Waals surface area contributed by atoms with Crippen LogP contribution < -0.4 is 10.6 Å². The highest BCUT2D eigenvalue weighted by molar-refractivity contribution is 5.95. The molecule has 2 fully saturated rings. The molecule has 1 unspecified atom stereocenters. The minimum atomic E-state index is -0.206. The van der Waals surface area contributed by atoms with Crippen LogP contribution in [0.25, 0.3) is 11.0 Å². The number of piperidine rings is 1. The zero-order valence-corrected chi connectivity index (χ0v) is 18.5. The predicted octanol–water partition coefficient (Wildman–Crippen LogP) is 1.99. The van der Waals surface area contributed by atoms with Crippen molar-refractivity contribution in [1.29, 1.82) is 0 Å². The van der Waals surface area contributed by atoms with E-state index in [9.17, 15) is 14.4 Å². The maximum atomic E-state index is 12.8. The Bertz CT molecular complexity index is 1130. The molecule has 3 aliphatic rings. The van der Waals surface area contributed by atoms with Gasteiger partial charge >= 0.3 is 0 Å². The van der Waals surface area contributed by atoms with Crippen molar-refractivity contribution < 1.29 is 18.8 Å². The van der Waals surface area contributed by atoms with Crippen molar-refractivity contribution in [3.63, 3.8) is 0 Å². The zero-order valence-electron chi connectivity index (χ0n) is 18.5. The van der Waals surface area contributed by atoms with E-state index < -0.39 is 0 Å². The molecule has 2 aliphatic heterocycles. The number of furan rings is 1. The van der Waals surface area contributed by atoms with Gasteiger partial charge in [-0.05, 0) is 55.7 Å². The fourth-order valence-electron chi connectivity index (χ4n) is 4.93. The van der Waals surface area contributed by atoms with E-state index in [-0.39, 0.29) is 29.7 Å². The number of aromatic nitrogens is 1. The first kappa shape index (κ1) is 21.2. The van der Waals surface area contributed by atoms with E-state index in [0.29, 0.717) is 29.6 Å². The minimum absolute atomic E-state index is 0.0508. The molecule has 5 rings (SSSR count). The van der Waals surface area contributed by atoms with E-state index in [1.165, 1.54) is 6.08 Å². The number of rotatable bonds is 5. The van der Waals surface area contributed by atoms with E-state index in [2.05, 4.69) is 15.6 Å². The van der Waals surface area contributed by atoms with Gasteiger partial charge in [0.15, 0.2) is 11.3 Å². The number of likely N-dealkylation sites (tertiary alicyclic amines) is 1. The van der Waals surface area contributed by atoms with Crippen LogP contribution in [0.4, 0.5) is 0 Å². The molecule has 9 heteroatoms. The van der Waals surface area contributed by atoms with Crippen LogP contribution in [0.15, 0.2) is 53.1 Å². The lowest BCUT2D eigenvalue weighted by Gasteiger charge is -2.35. The third kappa shape index (κ3) is 4.22. The van der Waals surface area contributed by atoms with Crippen molar-refractivity contribution >= 4 is 28.7 Å². The molecule has 0 aromatic carbocycles. The van der Waals surface area contributed by atoms with Crippen LogP contribution in [0.1, 0.15) is 36.7 Å². The maximum Gasteiger partial charge on any atom is 0.287 e. The highest BCUT2D eigenvalue weighted by Gasteiger charge is 2.54. The summed E-state index contributed by atoms with van der Waals surface area (Å²) in [4.78, 5) is 44.5. The van der Waals surface area contributed by atoms with Crippen molar-refractivity contribution in [1.82, 2.24) is 25.4 Å². The van der Waals surface area contributed by atoms with Crippen LogP contribution in [0.3, 0.4) is 0 Å². The summed E-state index contributed by atoms with van der Waals surface area (Å²) < 4.78 is 5.59. The van der Waals surface area contributed by atoms with E-state index in [1.54, 1.807) is 35.6 Å². The van der Waals surface area contributed by atoms with Crippen LogP contribution >= 0.6 is 0 Å². The number of hydrogen-bond acceptors (Lipinski definition) is 6. The second-order valence-corrected chi connectivity index (χ2v) is 8.99. The Morgan fingerprint density at radius 2 is 2.18 bits per heavy atom. The number of nitrogens with one attached hydrogen (secondary N) is 2. The normalized spacial score (nSPS) is 22.6. The van der Waals surface area contributed by atoms with Gasteiger partial charge in [-0.1, -0.05) is 0 Å². The fraction of sp³-hybridized carbons (Fsp3) is 0.417. The van der Waals surface area contributed by atoms with E-state index in [1.807, 2.05) is 17.9 Å². The molecular formula is C24H27N5O4. The van der Waals surface area contributed by atoms with Crippen LogP contribution in [0.2, 0.25) is 0 Å². The van der Waals surface area contributed by atoms with E-state index >= 15 is 0 Å². The third-order valence-electron chi connectivity index (χ3n) is 7.07. The maximum absolute atomic E-state index is 12.8. The number of pyridine rings is 1. The molecule has 1 aliphatic carbocycles. The molecule has 0 bridgehead atoms.